The molecule has 2 aromatic rings. The Balaban J connectivity index is 1.84. The molecule has 1 aliphatic heterocycles. The molecule has 0 spiro atoms. The zero-order valence-electron chi connectivity index (χ0n) is 14.7. The van der Waals surface area contributed by atoms with Gasteiger partial charge in [-0.05, 0) is 29.3 Å². The first-order valence-electron chi connectivity index (χ1n) is 8.48. The maximum atomic E-state index is 14.0. The minimum atomic E-state index is -0.892. The number of methoxy groups -OCH3 is 1. The van der Waals surface area contributed by atoms with E-state index in [9.17, 15) is 19.1 Å². The fraction of sp³-hybridized carbons (Fsp3) is 0.300. The summed E-state index contributed by atoms with van der Waals surface area (Å²) in [5.41, 5.74) is 1.55. The Morgan fingerprint density at radius 3 is 2.85 bits per heavy atom. The number of nitrogens with one attached hydrogen (secondary N) is 1. The van der Waals surface area contributed by atoms with Gasteiger partial charge in [0, 0.05) is 5.56 Å². The van der Waals surface area contributed by atoms with Crippen LogP contribution in [0, 0.1) is 5.82 Å². The molecule has 1 heterocycles. The first-order chi connectivity index (χ1) is 13.1. The highest BCUT2D eigenvalue weighted by Crippen LogP contribution is 2.27. The number of aliphatic hydroxyl groups is 1. The summed E-state index contributed by atoms with van der Waals surface area (Å²) in [4.78, 5) is 23.7. The number of ketones is 1. The van der Waals surface area contributed by atoms with Crippen LogP contribution in [0.3, 0.4) is 0 Å². The second kappa shape index (κ2) is 8.39. The Morgan fingerprint density at radius 1 is 1.41 bits per heavy atom. The summed E-state index contributed by atoms with van der Waals surface area (Å²) in [5.74, 6) is -1.74. The van der Waals surface area contributed by atoms with Crippen LogP contribution in [-0.2, 0) is 9.53 Å². The summed E-state index contributed by atoms with van der Waals surface area (Å²) in [6.07, 6.45) is 0.0106. The van der Waals surface area contributed by atoms with Crippen LogP contribution in [0.15, 0.2) is 42.5 Å². The van der Waals surface area contributed by atoms with Crippen LogP contribution in [0.2, 0.25) is 0 Å². The fourth-order valence-electron chi connectivity index (χ4n) is 3.11. The normalized spacial score (nSPS) is 20.3. The molecule has 2 aromatic carbocycles. The van der Waals surface area contributed by atoms with Crippen molar-refractivity contribution in [2.75, 3.05) is 20.3 Å². The molecular weight excluding hydrogens is 353 g/mol. The fourth-order valence-corrected chi connectivity index (χ4v) is 3.11. The van der Waals surface area contributed by atoms with E-state index >= 15 is 0 Å². The highest BCUT2D eigenvalue weighted by atomic mass is 19.1. The van der Waals surface area contributed by atoms with Crippen LogP contribution in [0.1, 0.15) is 33.4 Å². The van der Waals surface area contributed by atoms with Gasteiger partial charge in [0.2, 0.25) is 0 Å². The lowest BCUT2D eigenvalue weighted by atomic mass is 9.90. The zero-order chi connectivity index (χ0) is 19.4. The molecule has 0 bridgehead atoms. The molecule has 6 nitrogen and oxygen atoms in total. The molecule has 1 fully saturated rings. The lowest BCUT2D eigenvalue weighted by Gasteiger charge is -2.16. The van der Waals surface area contributed by atoms with Crippen molar-refractivity contribution in [1.29, 1.82) is 0 Å². The van der Waals surface area contributed by atoms with E-state index in [2.05, 4.69) is 5.32 Å². The van der Waals surface area contributed by atoms with E-state index in [1.807, 2.05) is 6.07 Å². The van der Waals surface area contributed by atoms with Crippen molar-refractivity contribution in [2.45, 2.75) is 18.2 Å². The molecule has 142 valence electrons. The summed E-state index contributed by atoms with van der Waals surface area (Å²) in [6, 6.07) is 10.9. The van der Waals surface area contributed by atoms with Crippen molar-refractivity contribution in [2.24, 2.45) is 0 Å². The van der Waals surface area contributed by atoms with Crippen LogP contribution in [-0.4, -0.2) is 43.7 Å². The molecule has 2 N–H and O–H groups in total. The summed E-state index contributed by atoms with van der Waals surface area (Å²) in [6.45, 7) is -0.138. The molecule has 3 atom stereocenters. The topological polar surface area (TPSA) is 84.9 Å². The number of rotatable bonds is 7. The number of carbonyl (C=O) groups is 2. The number of ether oxygens (including phenoxy) is 2. The lowest BCUT2D eigenvalue weighted by Crippen LogP contribution is -2.26. The van der Waals surface area contributed by atoms with Gasteiger partial charge in [0.05, 0.1) is 32.3 Å². The summed E-state index contributed by atoms with van der Waals surface area (Å²) in [7, 11) is 1.36. The van der Waals surface area contributed by atoms with E-state index in [0.29, 0.717) is 24.0 Å². The van der Waals surface area contributed by atoms with E-state index in [-0.39, 0.29) is 17.6 Å². The average Bonchev–Trinajstić information content (AvgIpc) is 3.18. The Bertz CT molecular complexity index is 841. The van der Waals surface area contributed by atoms with Gasteiger partial charge in [-0.25, -0.2) is 4.39 Å². The number of aldehydes is 1. The number of hydrogen-bond donors (Lipinski definition) is 2. The van der Waals surface area contributed by atoms with Gasteiger partial charge in [0.25, 0.3) is 0 Å². The van der Waals surface area contributed by atoms with Crippen LogP contribution < -0.4 is 10.1 Å². The molecule has 0 amide bonds. The smallest absolute Gasteiger partial charge is 0.172 e. The predicted octanol–water partition coefficient (Wildman–Crippen LogP) is 1.98. The molecule has 27 heavy (non-hydrogen) atoms. The van der Waals surface area contributed by atoms with Crippen molar-refractivity contribution in [3.63, 3.8) is 0 Å². The highest BCUT2D eigenvalue weighted by molar-refractivity contribution is 6.01. The molecule has 1 saturated heterocycles. The Hall–Kier alpha value is -2.61. The van der Waals surface area contributed by atoms with Gasteiger partial charge in [-0.3, -0.25) is 14.9 Å². The van der Waals surface area contributed by atoms with E-state index in [1.54, 1.807) is 24.3 Å². The highest BCUT2D eigenvalue weighted by Gasteiger charge is 2.27. The third-order valence-corrected chi connectivity index (χ3v) is 4.58. The third-order valence-electron chi connectivity index (χ3n) is 4.58. The Kier molecular flexibility index (Phi) is 5.95. The van der Waals surface area contributed by atoms with Crippen LogP contribution in [0.25, 0.3) is 0 Å². The Labute approximate surface area is 155 Å². The van der Waals surface area contributed by atoms with Gasteiger partial charge in [-0.15, -0.1) is 0 Å². The second-order valence-electron chi connectivity index (χ2n) is 6.23. The molecule has 0 radical (unpaired) electrons. The van der Waals surface area contributed by atoms with E-state index in [4.69, 9.17) is 9.47 Å². The number of Topliss-reactive ketones (excluding diaryl/α,β-unsaturated/α-hetero) is 1. The third kappa shape index (κ3) is 4.05. The number of hydrogen-bond acceptors (Lipinski definition) is 6. The monoisotopic (exact) mass is 373 g/mol. The number of benzene rings is 2. The van der Waals surface area contributed by atoms with Gasteiger partial charge >= 0.3 is 0 Å². The second-order valence-corrected chi connectivity index (χ2v) is 6.23. The van der Waals surface area contributed by atoms with E-state index in [1.165, 1.54) is 19.2 Å². The maximum absolute atomic E-state index is 14.0. The molecular formula is C20H20FNO5. The minimum Gasteiger partial charge on any atom is -0.494 e. The molecule has 1 aliphatic rings. The first-order valence-corrected chi connectivity index (χ1v) is 8.48. The summed E-state index contributed by atoms with van der Waals surface area (Å²) in [5, 5.41) is 12.7. The standard InChI is InChI=1S/C20H20FNO5/c1-26-18-6-5-12(8-16(18)21)15(9-23)20(25)14-4-2-3-13(7-14)17-11-27-19(10-24)22-17/h2-8,10,15,17,19,22-23H,9,11H2,1H3. The number of carbonyl (C=O) groups excluding carboxylic acids is 2. The molecule has 3 unspecified atom stereocenters. The van der Waals surface area contributed by atoms with Crippen molar-refractivity contribution >= 4 is 12.1 Å². The molecule has 3 rings (SSSR count). The largest absolute Gasteiger partial charge is 0.494 e. The van der Waals surface area contributed by atoms with Crippen LogP contribution in [0.4, 0.5) is 4.39 Å². The average molecular weight is 373 g/mol. The van der Waals surface area contributed by atoms with Crippen molar-refractivity contribution in [3.8, 4) is 5.75 Å². The first kappa shape index (κ1) is 19.2. The minimum absolute atomic E-state index is 0.0712. The molecule has 7 heteroatoms. The van der Waals surface area contributed by atoms with Crippen molar-refractivity contribution in [3.05, 3.63) is 65.0 Å². The molecule has 0 aliphatic carbocycles. The van der Waals surface area contributed by atoms with Crippen LogP contribution in [0.5, 0.6) is 5.75 Å². The zero-order valence-corrected chi connectivity index (χ0v) is 14.7. The quantitative estimate of drug-likeness (QED) is 0.570. The van der Waals surface area contributed by atoms with Gasteiger partial charge in [0.15, 0.2) is 29.9 Å². The Morgan fingerprint density at radius 2 is 2.22 bits per heavy atom. The van der Waals surface area contributed by atoms with Gasteiger partial charge in [-0.2, -0.15) is 0 Å². The number of halogens is 1. The van der Waals surface area contributed by atoms with Crippen LogP contribution >= 0.6 is 0 Å². The van der Waals surface area contributed by atoms with Gasteiger partial charge in [-0.1, -0.05) is 24.3 Å². The predicted molar refractivity (Wildman–Crippen MR) is 95.2 cm³/mol. The van der Waals surface area contributed by atoms with E-state index in [0.717, 1.165) is 5.56 Å². The van der Waals surface area contributed by atoms with Gasteiger partial charge < -0.3 is 14.6 Å². The van der Waals surface area contributed by atoms with E-state index < -0.39 is 24.6 Å². The maximum Gasteiger partial charge on any atom is 0.172 e. The van der Waals surface area contributed by atoms with Crippen molar-refractivity contribution < 1.29 is 28.6 Å². The SMILES string of the molecule is COc1ccc(C(CO)C(=O)c2cccc(C3COC(C=O)N3)c2)cc1F. The summed E-state index contributed by atoms with van der Waals surface area (Å²) >= 11 is 0. The summed E-state index contributed by atoms with van der Waals surface area (Å²) < 4.78 is 24.2. The van der Waals surface area contributed by atoms with Crippen molar-refractivity contribution in [1.82, 2.24) is 5.32 Å². The van der Waals surface area contributed by atoms with Gasteiger partial charge in [0.1, 0.15) is 0 Å². The lowest BCUT2D eigenvalue weighted by molar-refractivity contribution is -0.116. The molecule has 0 saturated carbocycles. The molecule has 0 aromatic heterocycles. The number of aliphatic hydroxyl groups excluding tert-OH is 1.